The molecule has 19 heavy (non-hydrogen) atoms. The summed E-state index contributed by atoms with van der Waals surface area (Å²) >= 11 is 1.36. The number of hydrogen-bond acceptors (Lipinski definition) is 5. The van der Waals surface area contributed by atoms with Crippen LogP contribution in [0, 0.1) is 5.41 Å². The molecule has 0 aromatic carbocycles. The summed E-state index contributed by atoms with van der Waals surface area (Å²) in [5, 5.41) is 7.06. The van der Waals surface area contributed by atoms with E-state index >= 15 is 0 Å². The summed E-state index contributed by atoms with van der Waals surface area (Å²) in [6, 6.07) is 0.506. The predicted octanol–water partition coefficient (Wildman–Crippen LogP) is 2.22. The van der Waals surface area contributed by atoms with Gasteiger partial charge >= 0.3 is 0 Å². The third kappa shape index (κ3) is 2.83. The maximum absolute atomic E-state index is 12.1. The van der Waals surface area contributed by atoms with Gasteiger partial charge in [-0.3, -0.25) is 4.79 Å². The average Bonchev–Trinajstić information content (AvgIpc) is 2.94. The molecule has 0 bridgehead atoms. The van der Waals surface area contributed by atoms with Gasteiger partial charge in [-0.2, -0.15) is 0 Å². The zero-order valence-corrected chi connectivity index (χ0v) is 12.0. The molecule has 5 nitrogen and oxygen atoms in total. The van der Waals surface area contributed by atoms with Crippen molar-refractivity contribution in [3.8, 4) is 0 Å². The Hall–Kier alpha value is -1.30. The van der Waals surface area contributed by atoms with Crippen LogP contribution in [-0.4, -0.2) is 23.5 Å². The van der Waals surface area contributed by atoms with Crippen molar-refractivity contribution in [2.45, 2.75) is 45.1 Å². The van der Waals surface area contributed by atoms with Gasteiger partial charge in [0, 0.05) is 12.6 Å². The number of carbonyl (C=O) groups is 1. The van der Waals surface area contributed by atoms with Gasteiger partial charge in [-0.25, -0.2) is 4.98 Å². The Morgan fingerprint density at radius 1 is 1.53 bits per heavy atom. The molecule has 1 amide bonds. The lowest BCUT2D eigenvalue weighted by atomic mass is 9.93. The molecule has 0 radical (unpaired) electrons. The molecule has 6 heteroatoms. The molecular formula is C13H20N4OS. The molecule has 4 N–H and O–H groups in total. The maximum atomic E-state index is 12.1. The van der Waals surface area contributed by atoms with Gasteiger partial charge in [0.05, 0.1) is 0 Å². The first-order chi connectivity index (χ1) is 9.06. The van der Waals surface area contributed by atoms with Crippen molar-refractivity contribution in [2.24, 2.45) is 5.41 Å². The van der Waals surface area contributed by atoms with E-state index in [4.69, 9.17) is 5.73 Å². The molecule has 0 atom stereocenters. The number of aromatic nitrogens is 1. The van der Waals surface area contributed by atoms with Gasteiger partial charge in [-0.15, -0.1) is 0 Å². The summed E-state index contributed by atoms with van der Waals surface area (Å²) in [5.41, 5.74) is 6.14. The summed E-state index contributed by atoms with van der Waals surface area (Å²) < 4.78 is 0. The molecule has 0 unspecified atom stereocenters. The van der Waals surface area contributed by atoms with Gasteiger partial charge in [0.1, 0.15) is 10.7 Å². The second kappa shape index (κ2) is 4.67. The number of nitrogens with one attached hydrogen (secondary N) is 2. The third-order valence-electron chi connectivity index (χ3n) is 4.07. The smallest absolute Gasteiger partial charge is 0.265 e. The minimum absolute atomic E-state index is 0.0928. The Morgan fingerprint density at radius 2 is 2.26 bits per heavy atom. The van der Waals surface area contributed by atoms with Gasteiger partial charge < -0.3 is 16.4 Å². The monoisotopic (exact) mass is 280 g/mol. The molecule has 1 heterocycles. The van der Waals surface area contributed by atoms with E-state index in [2.05, 4.69) is 22.5 Å². The molecule has 1 aromatic rings. The van der Waals surface area contributed by atoms with Crippen molar-refractivity contribution in [3.05, 3.63) is 4.88 Å². The van der Waals surface area contributed by atoms with Gasteiger partial charge in [0.2, 0.25) is 0 Å². The highest BCUT2D eigenvalue weighted by Crippen LogP contribution is 2.44. The van der Waals surface area contributed by atoms with Crippen LogP contribution in [0.3, 0.4) is 0 Å². The van der Waals surface area contributed by atoms with Crippen molar-refractivity contribution >= 4 is 28.2 Å². The number of nitrogens with zero attached hydrogens (tertiary/aromatic N) is 1. The van der Waals surface area contributed by atoms with Crippen molar-refractivity contribution in [2.75, 3.05) is 17.6 Å². The number of carbonyl (C=O) groups excluding carboxylic acids is 1. The third-order valence-corrected chi connectivity index (χ3v) is 5.07. The molecule has 3 rings (SSSR count). The van der Waals surface area contributed by atoms with E-state index in [1.165, 1.54) is 43.4 Å². The molecule has 0 aliphatic heterocycles. The van der Waals surface area contributed by atoms with Crippen molar-refractivity contribution in [1.82, 2.24) is 10.3 Å². The first-order valence-corrected chi connectivity index (χ1v) is 7.68. The van der Waals surface area contributed by atoms with Crippen molar-refractivity contribution < 1.29 is 4.79 Å². The van der Waals surface area contributed by atoms with Gasteiger partial charge in [0.15, 0.2) is 5.13 Å². The van der Waals surface area contributed by atoms with E-state index in [1.54, 1.807) is 0 Å². The average molecular weight is 280 g/mol. The lowest BCUT2D eigenvalue weighted by Crippen LogP contribution is -2.28. The molecule has 2 saturated carbocycles. The van der Waals surface area contributed by atoms with Gasteiger partial charge in [0.25, 0.3) is 5.91 Å². The van der Waals surface area contributed by atoms with Crippen molar-refractivity contribution in [1.29, 1.82) is 0 Å². The van der Waals surface area contributed by atoms with Crippen LogP contribution >= 0.6 is 11.3 Å². The molecule has 2 aliphatic rings. The summed E-state index contributed by atoms with van der Waals surface area (Å²) in [6.07, 6.45) is 6.02. The number of nitrogen functional groups attached to an aromatic ring is 1. The zero-order valence-electron chi connectivity index (χ0n) is 11.2. The highest BCUT2D eigenvalue weighted by atomic mass is 32.1. The lowest BCUT2D eigenvalue weighted by Gasteiger charge is -2.25. The number of rotatable bonds is 5. The van der Waals surface area contributed by atoms with E-state index in [1.807, 2.05) is 0 Å². The fourth-order valence-electron chi connectivity index (χ4n) is 2.05. The molecule has 2 fully saturated rings. The Balaban J connectivity index is 1.60. The van der Waals surface area contributed by atoms with Crippen LogP contribution in [0.1, 0.15) is 48.7 Å². The fourth-order valence-corrected chi connectivity index (χ4v) is 2.93. The first kappa shape index (κ1) is 12.7. The predicted molar refractivity (Wildman–Crippen MR) is 77.5 cm³/mol. The van der Waals surface area contributed by atoms with Crippen LogP contribution in [-0.2, 0) is 0 Å². The van der Waals surface area contributed by atoms with E-state index in [9.17, 15) is 4.79 Å². The minimum Gasteiger partial charge on any atom is -0.382 e. The van der Waals surface area contributed by atoms with E-state index in [-0.39, 0.29) is 5.91 Å². The molecule has 0 saturated heterocycles. The van der Waals surface area contributed by atoms with Crippen LogP contribution in [0.25, 0.3) is 0 Å². The summed E-state index contributed by atoms with van der Waals surface area (Å²) in [7, 11) is 0. The molecular weight excluding hydrogens is 260 g/mol. The van der Waals surface area contributed by atoms with Gasteiger partial charge in [-0.1, -0.05) is 18.3 Å². The fraction of sp³-hybridized carbons (Fsp3) is 0.692. The molecule has 104 valence electrons. The Kier molecular flexibility index (Phi) is 3.12. The topological polar surface area (TPSA) is 80.0 Å². The van der Waals surface area contributed by atoms with E-state index in [0.717, 1.165) is 11.7 Å². The Bertz CT molecular complexity index is 491. The molecule has 2 aliphatic carbocycles. The summed E-state index contributed by atoms with van der Waals surface area (Å²) in [6.45, 7) is 2.92. The number of anilines is 2. The second-order valence-corrected chi connectivity index (χ2v) is 7.00. The van der Waals surface area contributed by atoms with E-state index in [0.29, 0.717) is 22.2 Å². The Morgan fingerprint density at radius 3 is 2.84 bits per heavy atom. The largest absolute Gasteiger partial charge is 0.382 e. The maximum Gasteiger partial charge on any atom is 0.265 e. The Labute approximate surface area is 117 Å². The number of nitrogens with two attached hydrogens (primary N) is 1. The van der Waals surface area contributed by atoms with Crippen LogP contribution in [0.15, 0.2) is 0 Å². The standard InChI is InChI=1S/C13H20N4OS/c1-13(5-6-13)7-15-11(18)9-10(14)17-12(19-9)16-8-3-2-4-8/h8H,2-7,14H2,1H3,(H,15,18)(H,16,17). The number of amides is 1. The number of hydrogen-bond donors (Lipinski definition) is 3. The van der Waals surface area contributed by atoms with Crippen LogP contribution in [0.2, 0.25) is 0 Å². The van der Waals surface area contributed by atoms with Crippen LogP contribution in [0.4, 0.5) is 10.9 Å². The SMILES string of the molecule is CC1(CNC(=O)c2sc(NC3CCC3)nc2N)CC1. The summed E-state index contributed by atoms with van der Waals surface area (Å²) in [5.74, 6) is 0.245. The highest BCUT2D eigenvalue weighted by Gasteiger charge is 2.37. The van der Waals surface area contributed by atoms with Crippen LogP contribution < -0.4 is 16.4 Å². The minimum atomic E-state index is -0.0928. The van der Waals surface area contributed by atoms with E-state index < -0.39 is 0 Å². The summed E-state index contributed by atoms with van der Waals surface area (Å²) in [4.78, 5) is 16.8. The lowest BCUT2D eigenvalue weighted by molar-refractivity contribution is 0.0951. The van der Waals surface area contributed by atoms with Crippen molar-refractivity contribution in [3.63, 3.8) is 0 Å². The first-order valence-electron chi connectivity index (χ1n) is 6.87. The molecule has 1 aromatic heterocycles. The van der Waals surface area contributed by atoms with Crippen LogP contribution in [0.5, 0.6) is 0 Å². The zero-order chi connectivity index (χ0) is 13.5. The van der Waals surface area contributed by atoms with Gasteiger partial charge in [-0.05, 0) is 37.5 Å². The molecule has 0 spiro atoms. The highest BCUT2D eigenvalue weighted by molar-refractivity contribution is 7.18. The normalized spacial score (nSPS) is 20.7. The number of thiazole rings is 1. The quantitative estimate of drug-likeness (QED) is 0.772. The second-order valence-electron chi connectivity index (χ2n) is 6.00.